The van der Waals surface area contributed by atoms with Gasteiger partial charge in [0.25, 0.3) is 0 Å². The second kappa shape index (κ2) is 18.7. The van der Waals surface area contributed by atoms with Crippen LogP contribution in [-0.2, 0) is 6.42 Å². The van der Waals surface area contributed by atoms with Crippen molar-refractivity contribution in [3.05, 3.63) is 68.6 Å². The first-order valence-corrected chi connectivity index (χ1v) is 13.2. The normalized spacial score (nSPS) is 10.0. The lowest BCUT2D eigenvalue weighted by Gasteiger charge is -2.02. The molecule has 0 aliphatic carbocycles. The predicted molar refractivity (Wildman–Crippen MR) is 141 cm³/mol. The molecule has 164 valence electrons. The largest absolute Gasteiger partial charge is 0.0979 e. The van der Waals surface area contributed by atoms with Crippen LogP contribution in [0.2, 0.25) is 0 Å². The summed E-state index contributed by atoms with van der Waals surface area (Å²) in [6, 6.07) is 16.8. The van der Waals surface area contributed by atoms with E-state index in [1.807, 2.05) is 18.2 Å². The number of unbranched alkanes of at least 4 members (excludes halogenated alkanes) is 9. The predicted octanol–water partition coefficient (Wildman–Crippen LogP) is 10.1. The van der Waals surface area contributed by atoms with E-state index in [2.05, 4.69) is 87.9 Å². The van der Waals surface area contributed by atoms with Crippen LogP contribution in [0.4, 0.5) is 0 Å². The quantitative estimate of drug-likeness (QED) is 0.199. The van der Waals surface area contributed by atoms with E-state index in [4.69, 9.17) is 0 Å². The van der Waals surface area contributed by atoms with Crippen molar-refractivity contribution in [3.63, 3.8) is 0 Å². The molecule has 0 bridgehead atoms. The number of hydrogen-bond acceptors (Lipinski definition) is 0. The van der Waals surface area contributed by atoms with Gasteiger partial charge >= 0.3 is 0 Å². The lowest BCUT2D eigenvalue weighted by molar-refractivity contribution is 0.607. The Morgan fingerprint density at radius 1 is 0.667 bits per heavy atom. The Kier molecular flexibility index (Phi) is 16.8. The van der Waals surface area contributed by atoms with Gasteiger partial charge in [-0.3, -0.25) is 0 Å². The van der Waals surface area contributed by atoms with Crippen LogP contribution in [-0.4, -0.2) is 0 Å². The smallest absolute Gasteiger partial charge is 0.0256 e. The van der Waals surface area contributed by atoms with E-state index in [0.717, 1.165) is 16.5 Å². The van der Waals surface area contributed by atoms with Gasteiger partial charge in [-0.05, 0) is 55.2 Å². The molecule has 0 aromatic heterocycles. The first kappa shape index (κ1) is 27.0. The van der Waals surface area contributed by atoms with Crippen molar-refractivity contribution in [2.45, 2.75) is 90.9 Å². The van der Waals surface area contributed by atoms with Crippen molar-refractivity contribution in [2.24, 2.45) is 0 Å². The standard InChI is InChI=1S/C14H21Br.C14H17Br/c2*1-2-3-4-5-6-7-9-13-10-8-11-14(15)12-13/h8,10-12H,2-7,9H2,1H3;8,10-12H,2-6H2,1H3. The Morgan fingerprint density at radius 2 is 1.27 bits per heavy atom. The monoisotopic (exact) mass is 532 g/mol. The fraction of sp³-hybridized carbons (Fsp3) is 0.500. The highest BCUT2D eigenvalue weighted by molar-refractivity contribution is 9.10. The summed E-state index contributed by atoms with van der Waals surface area (Å²) >= 11 is 6.94. The van der Waals surface area contributed by atoms with Crippen molar-refractivity contribution in [2.75, 3.05) is 0 Å². The van der Waals surface area contributed by atoms with E-state index >= 15 is 0 Å². The minimum atomic E-state index is 1.02. The summed E-state index contributed by atoms with van der Waals surface area (Å²) < 4.78 is 2.30. The molecule has 2 aromatic rings. The maximum atomic E-state index is 3.51. The molecule has 0 N–H and O–H groups in total. The second-order valence-corrected chi connectivity index (χ2v) is 9.60. The molecule has 0 unspecified atom stereocenters. The van der Waals surface area contributed by atoms with Crippen molar-refractivity contribution >= 4 is 31.9 Å². The zero-order valence-corrected chi connectivity index (χ0v) is 22.0. The van der Waals surface area contributed by atoms with Crippen LogP contribution in [0.5, 0.6) is 0 Å². The topological polar surface area (TPSA) is 0 Å². The second-order valence-electron chi connectivity index (χ2n) is 7.77. The third-order valence-electron chi connectivity index (χ3n) is 4.92. The minimum Gasteiger partial charge on any atom is -0.0979 e. The SMILES string of the molecule is CCCCCCC#Cc1cccc(Br)c1.CCCCCCCCc1cccc(Br)c1. The van der Waals surface area contributed by atoms with Gasteiger partial charge in [0.15, 0.2) is 0 Å². The number of halogens is 2. The summed E-state index contributed by atoms with van der Waals surface area (Å²) in [6.07, 6.45) is 15.7. The third-order valence-corrected chi connectivity index (χ3v) is 5.91. The molecule has 0 amide bonds. The molecule has 0 aliphatic rings. The van der Waals surface area contributed by atoms with Crippen LogP contribution >= 0.6 is 31.9 Å². The van der Waals surface area contributed by atoms with E-state index < -0.39 is 0 Å². The molecule has 0 atom stereocenters. The molecule has 30 heavy (non-hydrogen) atoms. The molecular formula is C28H38Br2. The molecule has 2 rings (SSSR count). The zero-order chi connectivity index (χ0) is 21.9. The fourth-order valence-electron chi connectivity index (χ4n) is 3.17. The van der Waals surface area contributed by atoms with Gasteiger partial charge in [-0.25, -0.2) is 0 Å². The molecule has 0 fully saturated rings. The molecule has 0 spiro atoms. The minimum absolute atomic E-state index is 1.02. The lowest BCUT2D eigenvalue weighted by Crippen LogP contribution is -1.86. The van der Waals surface area contributed by atoms with Gasteiger partial charge in [0.1, 0.15) is 0 Å². The van der Waals surface area contributed by atoms with Crippen LogP contribution in [0.25, 0.3) is 0 Å². The molecule has 0 saturated carbocycles. The molecule has 0 nitrogen and oxygen atoms in total. The van der Waals surface area contributed by atoms with E-state index in [1.165, 1.54) is 80.7 Å². The third kappa shape index (κ3) is 14.9. The number of rotatable bonds is 11. The average Bonchev–Trinajstić information content (AvgIpc) is 2.74. The summed E-state index contributed by atoms with van der Waals surface area (Å²) in [4.78, 5) is 0. The summed E-state index contributed by atoms with van der Waals surface area (Å²) in [6.45, 7) is 4.49. The van der Waals surface area contributed by atoms with Gasteiger partial charge in [0.2, 0.25) is 0 Å². The molecule has 2 heteroatoms. The van der Waals surface area contributed by atoms with Crippen LogP contribution in [0.1, 0.15) is 95.6 Å². The number of hydrogen-bond donors (Lipinski definition) is 0. The van der Waals surface area contributed by atoms with Crippen LogP contribution < -0.4 is 0 Å². The van der Waals surface area contributed by atoms with Gasteiger partial charge < -0.3 is 0 Å². The van der Waals surface area contributed by atoms with Gasteiger partial charge in [0, 0.05) is 20.9 Å². The maximum Gasteiger partial charge on any atom is 0.0256 e. The highest BCUT2D eigenvalue weighted by Gasteiger charge is 1.95. The fourth-order valence-corrected chi connectivity index (χ4v) is 4.02. The summed E-state index contributed by atoms with van der Waals surface area (Å²) in [5.74, 6) is 6.40. The highest BCUT2D eigenvalue weighted by Crippen LogP contribution is 2.15. The molecule has 0 aliphatic heterocycles. The summed E-state index contributed by atoms with van der Waals surface area (Å²) in [5, 5.41) is 0. The van der Waals surface area contributed by atoms with Gasteiger partial charge in [0.05, 0.1) is 0 Å². The van der Waals surface area contributed by atoms with Gasteiger partial charge in [-0.15, -0.1) is 0 Å². The molecule has 0 radical (unpaired) electrons. The van der Waals surface area contributed by atoms with Crippen molar-refractivity contribution in [1.82, 2.24) is 0 Å². The summed E-state index contributed by atoms with van der Waals surface area (Å²) in [7, 11) is 0. The first-order valence-electron chi connectivity index (χ1n) is 11.6. The van der Waals surface area contributed by atoms with E-state index in [1.54, 1.807) is 0 Å². The van der Waals surface area contributed by atoms with E-state index in [-0.39, 0.29) is 0 Å². The maximum absolute atomic E-state index is 3.51. The van der Waals surface area contributed by atoms with Gasteiger partial charge in [-0.2, -0.15) is 0 Å². The number of aryl methyl sites for hydroxylation is 1. The Balaban J connectivity index is 0.000000300. The van der Waals surface area contributed by atoms with Crippen LogP contribution in [0, 0.1) is 11.8 Å². The molecule has 2 aromatic carbocycles. The summed E-state index contributed by atoms with van der Waals surface area (Å²) in [5.41, 5.74) is 2.56. The average molecular weight is 534 g/mol. The molecule has 0 heterocycles. The number of benzene rings is 2. The first-order chi connectivity index (χ1) is 14.7. The Hall–Kier alpha value is -1.04. The Bertz CT molecular complexity index is 740. The highest BCUT2D eigenvalue weighted by atomic mass is 79.9. The lowest BCUT2D eigenvalue weighted by atomic mass is 10.1. The van der Waals surface area contributed by atoms with Crippen molar-refractivity contribution < 1.29 is 0 Å². The van der Waals surface area contributed by atoms with Gasteiger partial charge in [-0.1, -0.05) is 127 Å². The van der Waals surface area contributed by atoms with Crippen LogP contribution in [0.3, 0.4) is 0 Å². The van der Waals surface area contributed by atoms with E-state index in [0.29, 0.717) is 0 Å². The Morgan fingerprint density at radius 3 is 1.93 bits per heavy atom. The van der Waals surface area contributed by atoms with E-state index in [9.17, 15) is 0 Å². The Labute approximate surface area is 202 Å². The van der Waals surface area contributed by atoms with Crippen LogP contribution in [0.15, 0.2) is 57.5 Å². The molecule has 0 saturated heterocycles. The van der Waals surface area contributed by atoms with Crippen molar-refractivity contribution in [1.29, 1.82) is 0 Å². The van der Waals surface area contributed by atoms with Crippen molar-refractivity contribution in [3.8, 4) is 11.8 Å². The molecular weight excluding hydrogens is 496 g/mol. The zero-order valence-electron chi connectivity index (χ0n) is 18.9.